The highest BCUT2D eigenvalue weighted by Gasteiger charge is 2.11. The lowest BCUT2D eigenvalue weighted by Crippen LogP contribution is -2.20. The maximum absolute atomic E-state index is 12.3. The molecule has 30 heavy (non-hydrogen) atoms. The molecule has 0 aliphatic heterocycles. The van der Waals surface area contributed by atoms with Gasteiger partial charge in [0.2, 0.25) is 0 Å². The lowest BCUT2D eigenvalue weighted by atomic mass is 10.1. The van der Waals surface area contributed by atoms with Crippen molar-refractivity contribution < 1.29 is 14.3 Å². The Kier molecular flexibility index (Phi) is 5.54. The largest absolute Gasteiger partial charge is 0.484 e. The number of rotatable bonds is 6. The molecule has 4 aromatic rings. The summed E-state index contributed by atoms with van der Waals surface area (Å²) in [6, 6.07) is 16.3. The number of Topliss-reactive ketones (excluding diaryl/α,β-unsaturated/α-hetero) is 1. The molecule has 2 heterocycles. The normalized spacial score (nSPS) is 10.7. The van der Waals surface area contributed by atoms with Gasteiger partial charge in [-0.15, -0.1) is 0 Å². The van der Waals surface area contributed by atoms with Crippen molar-refractivity contribution in [3.05, 3.63) is 71.9 Å². The third kappa shape index (κ3) is 4.36. The molecule has 0 fully saturated rings. The molecular formula is C23H19N3O3S. The number of hydrogen-bond acceptors (Lipinski definition) is 6. The van der Waals surface area contributed by atoms with Crippen molar-refractivity contribution >= 4 is 39.1 Å². The first-order valence-electron chi connectivity index (χ1n) is 9.36. The number of hydrogen-bond donors (Lipinski definition) is 1. The average molecular weight is 417 g/mol. The zero-order valence-corrected chi connectivity index (χ0v) is 17.3. The lowest BCUT2D eigenvalue weighted by Gasteiger charge is -2.11. The molecule has 0 saturated carbocycles. The van der Waals surface area contributed by atoms with Crippen LogP contribution < -0.4 is 10.1 Å². The van der Waals surface area contributed by atoms with Crippen LogP contribution in [-0.2, 0) is 4.79 Å². The van der Waals surface area contributed by atoms with E-state index in [9.17, 15) is 9.59 Å². The fourth-order valence-electron chi connectivity index (χ4n) is 2.95. The van der Waals surface area contributed by atoms with E-state index in [-0.39, 0.29) is 18.3 Å². The van der Waals surface area contributed by atoms with E-state index in [1.54, 1.807) is 30.5 Å². The summed E-state index contributed by atoms with van der Waals surface area (Å²) in [6.07, 6.45) is 1.76. The number of ether oxygens (including phenoxy) is 1. The van der Waals surface area contributed by atoms with Crippen LogP contribution in [0, 0.1) is 6.92 Å². The van der Waals surface area contributed by atoms with Gasteiger partial charge in [0.1, 0.15) is 21.1 Å². The van der Waals surface area contributed by atoms with Crippen molar-refractivity contribution in [3.63, 3.8) is 0 Å². The SMILES string of the molecule is CC(=O)c1ccc(OCC(=O)Nc2ccc(-c3nc4cccnc4s3)cc2C)cc1. The highest BCUT2D eigenvalue weighted by atomic mass is 32.1. The number of carbonyl (C=O) groups excluding carboxylic acids is 2. The number of pyridine rings is 1. The highest BCUT2D eigenvalue weighted by molar-refractivity contribution is 7.21. The molecule has 150 valence electrons. The molecule has 2 aromatic heterocycles. The Hall–Kier alpha value is -3.58. The van der Waals surface area contributed by atoms with E-state index in [0.29, 0.717) is 11.3 Å². The van der Waals surface area contributed by atoms with Gasteiger partial charge in [0.15, 0.2) is 12.4 Å². The Morgan fingerprint density at radius 1 is 1.10 bits per heavy atom. The Bertz CT molecular complexity index is 1200. The minimum atomic E-state index is -0.259. The van der Waals surface area contributed by atoms with Crippen LogP contribution in [0.3, 0.4) is 0 Å². The molecule has 1 N–H and O–H groups in total. The minimum Gasteiger partial charge on any atom is -0.484 e. The molecule has 6 nitrogen and oxygen atoms in total. The average Bonchev–Trinajstić information content (AvgIpc) is 3.18. The Morgan fingerprint density at radius 2 is 1.90 bits per heavy atom. The number of anilines is 1. The van der Waals surface area contributed by atoms with Crippen LogP contribution in [0.5, 0.6) is 5.75 Å². The molecule has 7 heteroatoms. The van der Waals surface area contributed by atoms with Gasteiger partial charge in [-0.1, -0.05) is 11.3 Å². The number of fused-ring (bicyclic) bond motifs is 1. The number of benzene rings is 2. The molecule has 0 atom stereocenters. The second kappa shape index (κ2) is 8.42. The third-order valence-electron chi connectivity index (χ3n) is 4.54. The van der Waals surface area contributed by atoms with Gasteiger partial charge in [0.25, 0.3) is 5.91 Å². The molecule has 4 rings (SSSR count). The number of aromatic nitrogens is 2. The van der Waals surface area contributed by atoms with Gasteiger partial charge in [-0.2, -0.15) is 0 Å². The maximum Gasteiger partial charge on any atom is 0.262 e. The van der Waals surface area contributed by atoms with E-state index < -0.39 is 0 Å². The fourth-order valence-corrected chi connectivity index (χ4v) is 3.86. The molecule has 0 bridgehead atoms. The molecule has 0 spiro atoms. The standard InChI is InChI=1S/C23H19N3O3S/c1-14-12-17(22-26-20-4-3-11-24-23(20)30-22)7-10-19(14)25-21(28)13-29-18-8-5-16(6-9-18)15(2)27/h3-12H,13H2,1-2H3,(H,25,28). The van der Waals surface area contributed by atoms with Gasteiger partial charge in [-0.3, -0.25) is 9.59 Å². The van der Waals surface area contributed by atoms with Gasteiger partial charge in [0, 0.05) is 23.0 Å². The summed E-state index contributed by atoms with van der Waals surface area (Å²) in [4.78, 5) is 33.4. The predicted molar refractivity (Wildman–Crippen MR) is 118 cm³/mol. The van der Waals surface area contributed by atoms with Crippen LogP contribution in [0.1, 0.15) is 22.8 Å². The summed E-state index contributed by atoms with van der Waals surface area (Å²) in [6.45, 7) is 3.32. The van der Waals surface area contributed by atoms with Crippen molar-refractivity contribution in [3.8, 4) is 16.3 Å². The predicted octanol–water partition coefficient (Wildman–Crippen LogP) is 4.89. The van der Waals surface area contributed by atoms with Crippen molar-refractivity contribution in [2.24, 2.45) is 0 Å². The van der Waals surface area contributed by atoms with E-state index in [2.05, 4.69) is 15.3 Å². The number of amides is 1. The first-order chi connectivity index (χ1) is 14.5. The van der Waals surface area contributed by atoms with Crippen molar-refractivity contribution in [2.45, 2.75) is 13.8 Å². The van der Waals surface area contributed by atoms with Crippen LogP contribution >= 0.6 is 11.3 Å². The monoisotopic (exact) mass is 417 g/mol. The van der Waals surface area contributed by atoms with Crippen LogP contribution in [0.25, 0.3) is 20.9 Å². The second-order valence-electron chi connectivity index (χ2n) is 6.79. The van der Waals surface area contributed by atoms with Gasteiger partial charge >= 0.3 is 0 Å². The topological polar surface area (TPSA) is 81.2 Å². The van der Waals surface area contributed by atoms with Gasteiger partial charge in [-0.05, 0) is 74.0 Å². The molecule has 0 aliphatic carbocycles. The number of ketones is 1. The molecule has 0 unspecified atom stereocenters. The van der Waals surface area contributed by atoms with E-state index in [1.807, 2.05) is 37.3 Å². The van der Waals surface area contributed by atoms with Gasteiger partial charge < -0.3 is 10.1 Å². The zero-order valence-electron chi connectivity index (χ0n) is 16.5. The number of aryl methyl sites for hydroxylation is 1. The van der Waals surface area contributed by atoms with Crippen LogP contribution in [0.2, 0.25) is 0 Å². The molecular weight excluding hydrogens is 398 g/mol. The van der Waals surface area contributed by atoms with Crippen molar-refractivity contribution in [2.75, 3.05) is 11.9 Å². The molecule has 0 saturated heterocycles. The Morgan fingerprint density at radius 3 is 2.60 bits per heavy atom. The molecule has 0 radical (unpaired) electrons. The molecule has 0 aliphatic rings. The van der Waals surface area contributed by atoms with Crippen molar-refractivity contribution in [1.82, 2.24) is 9.97 Å². The lowest BCUT2D eigenvalue weighted by molar-refractivity contribution is -0.118. The summed E-state index contributed by atoms with van der Waals surface area (Å²) in [5, 5.41) is 3.76. The van der Waals surface area contributed by atoms with E-state index in [1.165, 1.54) is 18.3 Å². The molecule has 2 aromatic carbocycles. The highest BCUT2D eigenvalue weighted by Crippen LogP contribution is 2.31. The number of carbonyl (C=O) groups is 2. The summed E-state index contributed by atoms with van der Waals surface area (Å²) in [5.41, 5.74) is 4.11. The second-order valence-corrected chi connectivity index (χ2v) is 7.77. The number of thiazole rings is 1. The van der Waals surface area contributed by atoms with Crippen molar-refractivity contribution in [1.29, 1.82) is 0 Å². The minimum absolute atomic E-state index is 0.0136. The van der Waals surface area contributed by atoms with Crippen LogP contribution in [0.15, 0.2) is 60.8 Å². The zero-order chi connectivity index (χ0) is 21.1. The third-order valence-corrected chi connectivity index (χ3v) is 5.57. The first kappa shape index (κ1) is 19.7. The van der Waals surface area contributed by atoms with Gasteiger partial charge in [0.05, 0.1) is 0 Å². The van der Waals surface area contributed by atoms with Crippen LogP contribution in [0.4, 0.5) is 5.69 Å². The fraction of sp³-hybridized carbons (Fsp3) is 0.130. The number of nitrogens with zero attached hydrogens (tertiary/aromatic N) is 2. The quantitative estimate of drug-likeness (QED) is 0.452. The molecule has 1 amide bonds. The summed E-state index contributed by atoms with van der Waals surface area (Å²) >= 11 is 1.54. The van der Waals surface area contributed by atoms with Crippen LogP contribution in [-0.4, -0.2) is 28.3 Å². The van der Waals surface area contributed by atoms with E-state index in [0.717, 1.165) is 32.2 Å². The van der Waals surface area contributed by atoms with E-state index in [4.69, 9.17) is 4.74 Å². The Balaban J connectivity index is 1.40. The smallest absolute Gasteiger partial charge is 0.262 e. The van der Waals surface area contributed by atoms with Gasteiger partial charge in [-0.25, -0.2) is 9.97 Å². The van der Waals surface area contributed by atoms with E-state index >= 15 is 0 Å². The maximum atomic E-state index is 12.3. The summed E-state index contributed by atoms with van der Waals surface area (Å²) < 4.78 is 5.50. The summed E-state index contributed by atoms with van der Waals surface area (Å²) in [5.74, 6) is 0.262. The number of nitrogens with one attached hydrogen (secondary N) is 1. The first-order valence-corrected chi connectivity index (χ1v) is 10.2. The summed E-state index contributed by atoms with van der Waals surface area (Å²) in [7, 11) is 0. The Labute approximate surface area is 177 Å².